The molecule has 2 amide bonds. The lowest BCUT2D eigenvalue weighted by Crippen LogP contribution is -2.53. The van der Waals surface area contributed by atoms with Gasteiger partial charge in [0.1, 0.15) is 11.4 Å². The van der Waals surface area contributed by atoms with Crippen LogP contribution in [0, 0.1) is 12.8 Å². The lowest BCUT2D eigenvalue weighted by atomic mass is 9.53. The zero-order valence-corrected chi connectivity index (χ0v) is 32.8. The molecule has 0 bridgehead atoms. The number of hydrogen-bond acceptors (Lipinski definition) is 10. The summed E-state index contributed by atoms with van der Waals surface area (Å²) in [6.07, 6.45) is 1.89. The van der Waals surface area contributed by atoms with Gasteiger partial charge in [-0.2, -0.15) is 5.01 Å². The van der Waals surface area contributed by atoms with E-state index in [0.29, 0.717) is 44.9 Å². The number of fused-ring (bicyclic) bond motifs is 5. The number of phenols is 1. The number of aromatic hydroxyl groups is 1. The predicted octanol–water partition coefficient (Wildman–Crippen LogP) is 3.95. The van der Waals surface area contributed by atoms with Gasteiger partial charge in [-0.1, -0.05) is 66.2 Å². The van der Waals surface area contributed by atoms with E-state index in [1.807, 2.05) is 55.5 Å². The number of hydrazine groups is 1. The number of nitrogens with one attached hydrogen (secondary N) is 1. The van der Waals surface area contributed by atoms with Crippen LogP contribution in [0.1, 0.15) is 40.8 Å². The first kappa shape index (κ1) is 37.4. The van der Waals surface area contributed by atoms with Crippen molar-refractivity contribution in [3.8, 4) is 17.2 Å². The molecule has 4 unspecified atom stereocenters. The molecular formula is C44H41N7O8. The van der Waals surface area contributed by atoms with Crippen molar-refractivity contribution in [2.45, 2.75) is 50.2 Å². The monoisotopic (exact) mass is 795 g/mol. The second kappa shape index (κ2) is 14.0. The van der Waals surface area contributed by atoms with E-state index >= 15 is 4.79 Å². The smallest absolute Gasteiger partial charge is 0.347 e. The summed E-state index contributed by atoms with van der Waals surface area (Å²) in [5.41, 5.74) is 4.73. The predicted molar refractivity (Wildman–Crippen MR) is 218 cm³/mol. The molecule has 4 heterocycles. The lowest BCUT2D eigenvalue weighted by molar-refractivity contribution is -0.138. The van der Waals surface area contributed by atoms with Gasteiger partial charge in [0, 0.05) is 38.1 Å². The van der Waals surface area contributed by atoms with Crippen molar-refractivity contribution in [1.29, 1.82) is 0 Å². The minimum Gasteiger partial charge on any atom is -0.508 e. The highest BCUT2D eigenvalue weighted by molar-refractivity contribution is 6.12. The van der Waals surface area contributed by atoms with Gasteiger partial charge in [0.25, 0.3) is 17.4 Å². The maximum atomic E-state index is 15.3. The maximum absolute atomic E-state index is 15.3. The molecule has 9 rings (SSSR count). The molecule has 15 heteroatoms. The molecule has 0 radical (unpaired) electrons. The highest BCUT2D eigenvalue weighted by Gasteiger charge is 2.68. The number of ether oxygens (including phenoxy) is 2. The Labute approximate surface area is 336 Å². The number of aromatic nitrogens is 5. The number of imide groups is 1. The Morgan fingerprint density at radius 3 is 2.27 bits per heavy atom. The first-order valence-corrected chi connectivity index (χ1v) is 19.3. The van der Waals surface area contributed by atoms with Crippen LogP contribution in [-0.4, -0.2) is 59.6 Å². The summed E-state index contributed by atoms with van der Waals surface area (Å²) in [6.45, 7) is 1.82. The third-order valence-electron chi connectivity index (χ3n) is 12.2. The molecule has 4 atom stereocenters. The molecule has 59 heavy (non-hydrogen) atoms. The van der Waals surface area contributed by atoms with Gasteiger partial charge in [-0.25, -0.2) is 28.5 Å². The van der Waals surface area contributed by atoms with Crippen LogP contribution in [0.5, 0.6) is 17.2 Å². The van der Waals surface area contributed by atoms with Crippen molar-refractivity contribution < 1.29 is 24.2 Å². The number of carbonyl (C=O) groups is 2. The second-order valence-electron chi connectivity index (χ2n) is 15.2. The van der Waals surface area contributed by atoms with Gasteiger partial charge in [0.05, 0.1) is 54.9 Å². The average molecular weight is 796 g/mol. The molecule has 3 aliphatic rings. The van der Waals surface area contributed by atoms with Gasteiger partial charge in [-0.15, -0.1) is 0 Å². The van der Waals surface area contributed by atoms with Crippen LogP contribution in [0.3, 0.4) is 0 Å². The first-order chi connectivity index (χ1) is 28.5. The summed E-state index contributed by atoms with van der Waals surface area (Å²) in [7, 11) is 4.61. The molecule has 4 aromatic carbocycles. The normalized spacial score (nSPS) is 20.8. The SMILES string of the molecule is COc1cc2nc(CCn3c(=O)n4n(c3=O)C3CC5C(=O)N(Nc6ccc(C)cc6)C(=O)C5(c5ccccc5)C(c5ccc(O)cc5)C3=CC4)c(=O)n(C)c2cc1OC. The standard InChI is InChI=1S/C44H41N7O8/c1-25-10-14-28(15-11-25)46-50-39(53)31-22-34-30(38(26-12-16-29(52)17-13-26)44(31,41(50)55)27-8-6-5-7-9-27)18-21-49-42(56)48(43(57)51(34)49)20-19-32-40(54)47(2)35-24-37(59-4)36(58-3)23-33(35)45-32/h5-18,23-24,31,34,38,46,52H,19-22H2,1-4H3. The molecule has 2 aliphatic heterocycles. The van der Waals surface area contributed by atoms with Crippen LogP contribution >= 0.6 is 0 Å². The van der Waals surface area contributed by atoms with E-state index in [0.717, 1.165) is 15.1 Å². The molecule has 2 N–H and O–H groups in total. The fourth-order valence-corrected chi connectivity index (χ4v) is 9.38. The fraction of sp³-hybridized carbons (Fsp3) is 0.273. The molecular weight excluding hydrogens is 755 g/mol. The first-order valence-electron chi connectivity index (χ1n) is 19.3. The molecule has 1 saturated carbocycles. The largest absolute Gasteiger partial charge is 0.508 e. The molecule has 300 valence electrons. The number of rotatable bonds is 9. The van der Waals surface area contributed by atoms with Crippen LogP contribution in [0.2, 0.25) is 0 Å². The van der Waals surface area contributed by atoms with E-state index in [2.05, 4.69) is 10.4 Å². The van der Waals surface area contributed by atoms with E-state index in [-0.39, 0.29) is 42.9 Å². The van der Waals surface area contributed by atoms with Gasteiger partial charge < -0.3 is 19.1 Å². The molecule has 6 aromatic rings. The molecule has 0 spiro atoms. The van der Waals surface area contributed by atoms with Gasteiger partial charge in [-0.05, 0) is 54.3 Å². The van der Waals surface area contributed by atoms with Crippen molar-refractivity contribution >= 4 is 28.5 Å². The number of anilines is 1. The summed E-state index contributed by atoms with van der Waals surface area (Å²) in [4.78, 5) is 76.9. The minimum absolute atomic E-state index is 0.0160. The summed E-state index contributed by atoms with van der Waals surface area (Å²) in [6, 6.07) is 25.6. The topological polar surface area (TPSA) is 172 Å². The quantitative estimate of drug-likeness (QED) is 0.161. The zero-order valence-electron chi connectivity index (χ0n) is 32.8. The summed E-state index contributed by atoms with van der Waals surface area (Å²) >= 11 is 0. The summed E-state index contributed by atoms with van der Waals surface area (Å²) in [5, 5.41) is 11.5. The summed E-state index contributed by atoms with van der Waals surface area (Å²) < 4.78 is 16.1. The van der Waals surface area contributed by atoms with E-state index in [9.17, 15) is 24.3 Å². The van der Waals surface area contributed by atoms with Gasteiger partial charge >= 0.3 is 11.4 Å². The third-order valence-corrected chi connectivity index (χ3v) is 12.2. The van der Waals surface area contributed by atoms with Gasteiger partial charge in [0.15, 0.2) is 11.5 Å². The number of methoxy groups -OCH3 is 2. The Morgan fingerprint density at radius 2 is 1.58 bits per heavy atom. The number of nitrogens with zero attached hydrogens (tertiary/aromatic N) is 6. The van der Waals surface area contributed by atoms with Gasteiger partial charge in [-0.3, -0.25) is 19.8 Å². The number of amides is 2. The van der Waals surface area contributed by atoms with E-state index in [1.165, 1.54) is 40.3 Å². The van der Waals surface area contributed by atoms with Crippen molar-refractivity contribution in [2.24, 2.45) is 13.0 Å². The average Bonchev–Trinajstić information content (AvgIpc) is 3.62. The van der Waals surface area contributed by atoms with Gasteiger partial charge in [0.2, 0.25) is 0 Å². The van der Waals surface area contributed by atoms with E-state index in [1.54, 1.807) is 43.4 Å². The van der Waals surface area contributed by atoms with Crippen LogP contribution in [-0.2, 0) is 41.6 Å². The number of allylic oxidation sites excluding steroid dienone is 2. The van der Waals surface area contributed by atoms with Crippen molar-refractivity contribution in [2.75, 3.05) is 19.6 Å². The Hall–Kier alpha value is -7.16. The van der Waals surface area contributed by atoms with Crippen molar-refractivity contribution in [1.82, 2.24) is 28.5 Å². The summed E-state index contributed by atoms with van der Waals surface area (Å²) in [5.74, 6) is -1.79. The lowest BCUT2D eigenvalue weighted by Gasteiger charge is -2.49. The number of benzene rings is 4. The van der Waals surface area contributed by atoms with Crippen LogP contribution in [0.15, 0.2) is 117 Å². The zero-order chi connectivity index (χ0) is 41.3. The highest BCUT2D eigenvalue weighted by atomic mass is 16.5. The van der Waals surface area contributed by atoms with E-state index in [4.69, 9.17) is 9.47 Å². The van der Waals surface area contributed by atoms with Crippen LogP contribution < -0.4 is 31.8 Å². The maximum Gasteiger partial charge on any atom is 0.347 e. The number of phenolic OH excluding ortho intramolecular Hbond substituents is 1. The fourth-order valence-electron chi connectivity index (χ4n) is 9.38. The Bertz CT molecular complexity index is 2890. The van der Waals surface area contributed by atoms with Crippen molar-refractivity contribution in [3.63, 3.8) is 0 Å². The molecule has 2 fully saturated rings. The molecule has 1 aliphatic carbocycles. The molecule has 1 saturated heterocycles. The Kier molecular flexibility index (Phi) is 8.90. The molecule has 15 nitrogen and oxygen atoms in total. The number of carbonyl (C=O) groups excluding carboxylic acids is 2. The Balaban J connectivity index is 1.15. The minimum atomic E-state index is -1.46. The number of aryl methyl sites for hydroxylation is 3. The van der Waals surface area contributed by atoms with Crippen molar-refractivity contribution in [3.05, 3.63) is 156 Å². The number of hydrogen-bond donors (Lipinski definition) is 2. The van der Waals surface area contributed by atoms with E-state index < -0.39 is 46.5 Å². The Morgan fingerprint density at radius 1 is 0.881 bits per heavy atom. The van der Waals surface area contributed by atoms with Crippen LogP contribution in [0.4, 0.5) is 5.69 Å². The van der Waals surface area contributed by atoms with Crippen LogP contribution in [0.25, 0.3) is 11.0 Å². The second-order valence-corrected chi connectivity index (χ2v) is 15.2. The third kappa shape index (κ3) is 5.62. The molecule has 2 aromatic heterocycles. The highest BCUT2D eigenvalue weighted by Crippen LogP contribution is 2.61.